The number of carbonyl (C=O) groups is 2. The van der Waals surface area contributed by atoms with E-state index >= 15 is 0 Å². The van der Waals surface area contributed by atoms with E-state index in [4.69, 9.17) is 25.8 Å². The maximum absolute atomic E-state index is 13.2. The number of anilines is 1. The van der Waals surface area contributed by atoms with E-state index in [-0.39, 0.29) is 56.4 Å². The molecule has 0 radical (unpaired) electrons. The number of amides is 3. The van der Waals surface area contributed by atoms with Gasteiger partial charge in [-0.2, -0.15) is 0 Å². The second kappa shape index (κ2) is 13.6. The van der Waals surface area contributed by atoms with Crippen LogP contribution in [0.25, 0.3) is 0 Å². The monoisotopic (exact) mass is 524 g/mol. The number of ether oxygens (including phenoxy) is 3. The van der Waals surface area contributed by atoms with Gasteiger partial charge in [-0.1, -0.05) is 17.7 Å². The summed E-state index contributed by atoms with van der Waals surface area (Å²) in [5.41, 5.74) is 0.580. The highest BCUT2D eigenvalue weighted by molar-refractivity contribution is 6.30. The molecule has 4 atom stereocenters. The molecule has 4 rings (SSSR count). The Labute approximate surface area is 217 Å². The first-order valence-electron chi connectivity index (χ1n) is 12.8. The van der Waals surface area contributed by atoms with E-state index in [2.05, 4.69) is 15.5 Å². The summed E-state index contributed by atoms with van der Waals surface area (Å²) in [5, 5.41) is 16.7. The molecule has 0 saturated carbocycles. The number of aliphatic hydroxyl groups is 1. The molecule has 3 aliphatic rings. The quantitative estimate of drug-likeness (QED) is 0.465. The number of hydrogen-bond donors (Lipinski definition) is 3. The number of halogens is 1. The highest BCUT2D eigenvalue weighted by Crippen LogP contribution is 2.28. The number of morpholine rings is 1. The minimum absolute atomic E-state index is 0.0295. The van der Waals surface area contributed by atoms with E-state index in [0.717, 1.165) is 39.3 Å². The van der Waals surface area contributed by atoms with Crippen LogP contribution in [0, 0.1) is 0 Å². The largest absolute Gasteiger partial charge is 0.389 e. The number of rotatable bonds is 7. The molecule has 3 saturated heterocycles. The highest BCUT2D eigenvalue weighted by atomic mass is 35.5. The average Bonchev–Trinajstić information content (AvgIpc) is 2.85. The molecule has 11 heteroatoms. The number of hydrogen-bond acceptors (Lipinski definition) is 7. The van der Waals surface area contributed by atoms with Crippen molar-refractivity contribution in [3.8, 4) is 0 Å². The van der Waals surface area contributed by atoms with Gasteiger partial charge in [0.2, 0.25) is 5.91 Å². The third-order valence-corrected chi connectivity index (χ3v) is 7.04. The van der Waals surface area contributed by atoms with Crippen molar-refractivity contribution in [2.75, 3.05) is 64.5 Å². The minimum atomic E-state index is -0.794. The number of fused-ring (bicyclic) bond motifs is 1. The molecular formula is C25H37ClN4O6. The highest BCUT2D eigenvalue weighted by Gasteiger charge is 2.40. The zero-order chi connectivity index (χ0) is 25.3. The lowest BCUT2D eigenvalue weighted by molar-refractivity contribution is -0.149. The van der Waals surface area contributed by atoms with Gasteiger partial charge in [0.15, 0.2) is 0 Å². The Morgan fingerprint density at radius 3 is 2.78 bits per heavy atom. The topological polar surface area (TPSA) is 113 Å². The van der Waals surface area contributed by atoms with Gasteiger partial charge in [0.1, 0.15) is 6.10 Å². The fourth-order valence-electron chi connectivity index (χ4n) is 4.97. The number of urea groups is 1. The molecular weight excluding hydrogens is 488 g/mol. The number of nitrogens with one attached hydrogen (secondary N) is 2. The zero-order valence-corrected chi connectivity index (χ0v) is 21.3. The molecule has 36 heavy (non-hydrogen) atoms. The van der Waals surface area contributed by atoms with Crippen LogP contribution in [0.1, 0.15) is 25.7 Å². The molecule has 1 aromatic rings. The summed E-state index contributed by atoms with van der Waals surface area (Å²) >= 11 is 6.05. The first kappa shape index (κ1) is 27.1. The molecule has 0 unspecified atom stereocenters. The van der Waals surface area contributed by atoms with Crippen molar-refractivity contribution >= 4 is 29.2 Å². The van der Waals surface area contributed by atoms with Crippen LogP contribution in [-0.4, -0.2) is 110 Å². The fourth-order valence-corrected chi connectivity index (χ4v) is 5.16. The summed E-state index contributed by atoms with van der Waals surface area (Å²) < 4.78 is 17.3. The number of benzene rings is 1. The second-order valence-electron chi connectivity index (χ2n) is 9.59. The van der Waals surface area contributed by atoms with Crippen LogP contribution < -0.4 is 10.6 Å². The maximum Gasteiger partial charge on any atom is 0.322 e. The molecule has 3 fully saturated rings. The second-order valence-corrected chi connectivity index (χ2v) is 10.0. The molecule has 200 valence electrons. The molecule has 0 spiro atoms. The van der Waals surface area contributed by atoms with Gasteiger partial charge in [-0.3, -0.25) is 9.69 Å². The lowest BCUT2D eigenvalue weighted by atomic mass is 9.95. The van der Waals surface area contributed by atoms with E-state index in [9.17, 15) is 14.7 Å². The number of nitrogens with zero attached hydrogens (tertiary/aromatic N) is 2. The minimum Gasteiger partial charge on any atom is -0.389 e. The third-order valence-electron chi connectivity index (χ3n) is 6.81. The molecule has 1 aromatic carbocycles. The van der Waals surface area contributed by atoms with E-state index < -0.39 is 6.10 Å². The summed E-state index contributed by atoms with van der Waals surface area (Å²) in [6.45, 7) is 5.51. The van der Waals surface area contributed by atoms with E-state index in [1.807, 2.05) is 0 Å². The SMILES string of the molecule is O=C(C[C@H]1CC[C@@H]2[C@H](COC[C@@H](O)CN2C(=O)Nc2cccc(Cl)c2)O1)NCCCN1CCOCC1. The van der Waals surface area contributed by atoms with Gasteiger partial charge in [-0.05, 0) is 44.0 Å². The molecule has 3 aliphatic heterocycles. The van der Waals surface area contributed by atoms with Crippen LogP contribution in [0.3, 0.4) is 0 Å². The van der Waals surface area contributed by atoms with Gasteiger partial charge in [-0.15, -0.1) is 0 Å². The van der Waals surface area contributed by atoms with Gasteiger partial charge >= 0.3 is 6.03 Å². The Morgan fingerprint density at radius 1 is 1.14 bits per heavy atom. The first-order chi connectivity index (χ1) is 17.5. The van der Waals surface area contributed by atoms with Gasteiger partial charge in [-0.25, -0.2) is 4.79 Å². The Morgan fingerprint density at radius 2 is 1.97 bits per heavy atom. The van der Waals surface area contributed by atoms with Crippen molar-refractivity contribution < 1.29 is 28.9 Å². The summed E-state index contributed by atoms with van der Waals surface area (Å²) in [6.07, 6.45) is 1.05. The first-order valence-corrected chi connectivity index (χ1v) is 13.2. The van der Waals surface area contributed by atoms with Crippen LogP contribution >= 0.6 is 11.6 Å². The molecule has 0 aliphatic carbocycles. The van der Waals surface area contributed by atoms with Crippen LogP contribution in [-0.2, 0) is 19.0 Å². The van der Waals surface area contributed by atoms with Gasteiger partial charge < -0.3 is 34.9 Å². The molecule has 3 N–H and O–H groups in total. The number of carbonyl (C=O) groups excluding carboxylic acids is 2. The zero-order valence-electron chi connectivity index (χ0n) is 20.6. The molecule has 10 nitrogen and oxygen atoms in total. The Balaban J connectivity index is 1.27. The van der Waals surface area contributed by atoms with Crippen LogP contribution in [0.5, 0.6) is 0 Å². The molecule has 3 heterocycles. The van der Waals surface area contributed by atoms with Gasteiger partial charge in [0.25, 0.3) is 0 Å². The number of aliphatic hydroxyl groups excluding tert-OH is 1. The van der Waals surface area contributed by atoms with Crippen molar-refractivity contribution in [3.63, 3.8) is 0 Å². The Bertz CT molecular complexity index is 871. The molecule has 3 amide bonds. The maximum atomic E-state index is 13.2. The Kier molecular flexibility index (Phi) is 10.2. The summed E-state index contributed by atoms with van der Waals surface area (Å²) in [7, 11) is 0. The lowest BCUT2D eigenvalue weighted by Crippen LogP contribution is -2.58. The summed E-state index contributed by atoms with van der Waals surface area (Å²) in [6, 6.07) is 6.34. The standard InChI is InChI=1S/C25H37ClN4O6/c26-18-3-1-4-19(13-18)28-25(33)30-15-20(31)16-35-17-23-22(30)6-5-21(36-23)14-24(32)27-7-2-8-29-9-11-34-12-10-29/h1,3-4,13,20-23,31H,2,5-12,14-17H2,(H,27,32)(H,28,33)/t20-,21+,22+,23-/m0/s1. The number of β-amino-alcohol motifs (C(OH)–C–C–N with tert-alkyl or cyclic N) is 1. The third kappa shape index (κ3) is 8.03. The summed E-state index contributed by atoms with van der Waals surface area (Å²) in [5.74, 6) is -0.0295. The van der Waals surface area contributed by atoms with Crippen LogP contribution in [0.4, 0.5) is 10.5 Å². The predicted octanol–water partition coefficient (Wildman–Crippen LogP) is 1.71. The van der Waals surface area contributed by atoms with Crippen molar-refractivity contribution in [1.29, 1.82) is 0 Å². The van der Waals surface area contributed by atoms with Crippen molar-refractivity contribution in [1.82, 2.24) is 15.1 Å². The molecule has 0 bridgehead atoms. The Hall–Kier alpha value is -1.95. The average molecular weight is 525 g/mol. The van der Waals surface area contributed by atoms with E-state index in [1.54, 1.807) is 29.2 Å². The van der Waals surface area contributed by atoms with E-state index in [1.165, 1.54) is 0 Å². The van der Waals surface area contributed by atoms with Crippen LogP contribution in [0.2, 0.25) is 5.02 Å². The van der Waals surface area contributed by atoms with E-state index in [0.29, 0.717) is 30.1 Å². The molecule has 0 aromatic heterocycles. The summed E-state index contributed by atoms with van der Waals surface area (Å²) in [4.78, 5) is 29.6. The van der Waals surface area contributed by atoms with Crippen molar-refractivity contribution in [3.05, 3.63) is 29.3 Å². The normalized spacial score (nSPS) is 27.4. The lowest BCUT2D eigenvalue weighted by Gasteiger charge is -2.44. The fraction of sp³-hybridized carbons (Fsp3) is 0.680. The predicted molar refractivity (Wildman–Crippen MR) is 135 cm³/mol. The van der Waals surface area contributed by atoms with Crippen LogP contribution in [0.15, 0.2) is 24.3 Å². The van der Waals surface area contributed by atoms with Gasteiger partial charge in [0, 0.05) is 30.3 Å². The van der Waals surface area contributed by atoms with Crippen molar-refractivity contribution in [2.24, 2.45) is 0 Å². The van der Waals surface area contributed by atoms with Gasteiger partial charge in [0.05, 0.1) is 57.6 Å². The van der Waals surface area contributed by atoms with Crippen molar-refractivity contribution in [2.45, 2.75) is 50.0 Å². The smallest absolute Gasteiger partial charge is 0.322 e.